The van der Waals surface area contributed by atoms with E-state index in [1.54, 1.807) is 30.7 Å². The van der Waals surface area contributed by atoms with E-state index in [1.807, 2.05) is 24.3 Å². The van der Waals surface area contributed by atoms with Gasteiger partial charge < -0.3 is 15.0 Å². The normalized spacial score (nSPS) is 22.5. The molecule has 2 atom stereocenters. The quantitative estimate of drug-likeness (QED) is 0.901. The molecule has 1 aliphatic carbocycles. The topological polar surface area (TPSA) is 58.6 Å². The third kappa shape index (κ3) is 3.06. The summed E-state index contributed by atoms with van der Waals surface area (Å²) in [5.74, 6) is 1.16. The maximum Gasteiger partial charge on any atom is 0.242 e. The van der Waals surface area contributed by atoms with Crippen LogP contribution in [0.15, 0.2) is 24.3 Å². The first kappa shape index (κ1) is 15.2. The van der Waals surface area contributed by atoms with Crippen molar-refractivity contribution in [3.8, 4) is 5.75 Å². The number of ether oxygens (including phenoxy) is 1. The highest BCUT2D eigenvalue weighted by Gasteiger charge is 2.39. The van der Waals surface area contributed by atoms with Crippen LogP contribution in [0.4, 0.5) is 0 Å². The molecule has 2 fully saturated rings. The van der Waals surface area contributed by atoms with Crippen molar-refractivity contribution in [1.29, 1.82) is 0 Å². The highest BCUT2D eigenvalue weighted by Crippen LogP contribution is 2.40. The van der Waals surface area contributed by atoms with E-state index in [0.29, 0.717) is 11.8 Å². The smallest absolute Gasteiger partial charge is 0.242 e. The second kappa shape index (κ2) is 6.20. The minimum absolute atomic E-state index is 0.0178. The molecule has 1 saturated carbocycles. The number of thioether (sulfide) groups is 1. The zero-order chi connectivity index (χ0) is 15.7. The average Bonchev–Trinajstić information content (AvgIpc) is 3.26. The molecule has 1 aliphatic heterocycles. The van der Waals surface area contributed by atoms with Crippen LogP contribution >= 0.6 is 11.8 Å². The first-order valence-corrected chi connectivity index (χ1v) is 8.52. The van der Waals surface area contributed by atoms with Gasteiger partial charge >= 0.3 is 0 Å². The lowest BCUT2D eigenvalue weighted by Gasteiger charge is -2.29. The predicted octanol–water partition coefficient (Wildman–Crippen LogP) is 1.94. The molecular formula is C16H20N2O3S. The monoisotopic (exact) mass is 320 g/mol. The molecule has 1 N–H and O–H groups in total. The summed E-state index contributed by atoms with van der Waals surface area (Å²) in [5, 5.41) is 2.87. The second-order valence-electron chi connectivity index (χ2n) is 5.70. The van der Waals surface area contributed by atoms with Crippen LogP contribution in [0.1, 0.15) is 30.7 Å². The van der Waals surface area contributed by atoms with Gasteiger partial charge in [-0.05, 0) is 37.5 Å². The molecule has 2 amide bonds. The Morgan fingerprint density at radius 3 is 2.64 bits per heavy atom. The number of carbonyl (C=O) groups is 2. The maximum atomic E-state index is 12.3. The molecule has 1 heterocycles. The number of benzene rings is 1. The van der Waals surface area contributed by atoms with E-state index in [-0.39, 0.29) is 17.2 Å². The summed E-state index contributed by atoms with van der Waals surface area (Å²) in [6, 6.07) is 7.52. The number of amides is 2. The van der Waals surface area contributed by atoms with Crippen molar-refractivity contribution in [1.82, 2.24) is 10.2 Å². The minimum atomic E-state index is -0.449. The fourth-order valence-corrected chi connectivity index (χ4v) is 3.82. The Kier molecular flexibility index (Phi) is 4.29. The van der Waals surface area contributed by atoms with Crippen molar-refractivity contribution in [3.05, 3.63) is 29.8 Å². The van der Waals surface area contributed by atoms with Crippen molar-refractivity contribution in [3.63, 3.8) is 0 Å². The van der Waals surface area contributed by atoms with Crippen LogP contribution in [-0.2, 0) is 9.59 Å². The lowest BCUT2D eigenvalue weighted by atomic mass is 10.1. The number of carbonyl (C=O) groups excluding carboxylic acids is 2. The van der Waals surface area contributed by atoms with Gasteiger partial charge in [0, 0.05) is 6.04 Å². The minimum Gasteiger partial charge on any atom is -0.497 e. The van der Waals surface area contributed by atoms with E-state index in [1.165, 1.54) is 0 Å². The number of nitrogens with zero attached hydrogens (tertiary/aromatic N) is 1. The largest absolute Gasteiger partial charge is 0.497 e. The van der Waals surface area contributed by atoms with Crippen LogP contribution in [0.25, 0.3) is 0 Å². The first-order valence-electron chi connectivity index (χ1n) is 7.47. The fourth-order valence-electron chi connectivity index (χ4n) is 2.56. The summed E-state index contributed by atoms with van der Waals surface area (Å²) in [6.45, 7) is 1.80. The number of hydrogen-bond donors (Lipinski definition) is 1. The van der Waals surface area contributed by atoms with Crippen molar-refractivity contribution < 1.29 is 14.3 Å². The van der Waals surface area contributed by atoms with E-state index >= 15 is 0 Å². The zero-order valence-electron chi connectivity index (χ0n) is 12.7. The van der Waals surface area contributed by atoms with E-state index < -0.39 is 6.04 Å². The number of methoxy groups -OCH3 is 1. The van der Waals surface area contributed by atoms with E-state index in [2.05, 4.69) is 5.32 Å². The zero-order valence-corrected chi connectivity index (χ0v) is 13.6. The Balaban J connectivity index is 1.76. The summed E-state index contributed by atoms with van der Waals surface area (Å²) in [5.41, 5.74) is 1.02. The molecule has 118 valence electrons. The maximum absolute atomic E-state index is 12.3. The molecule has 6 heteroatoms. The Bertz CT molecular complexity index is 571. The average molecular weight is 320 g/mol. The van der Waals surface area contributed by atoms with Gasteiger partial charge in [-0.15, -0.1) is 11.8 Å². The molecule has 0 radical (unpaired) electrons. The highest BCUT2D eigenvalue weighted by molar-refractivity contribution is 8.00. The molecule has 0 spiro atoms. The van der Waals surface area contributed by atoms with Crippen LogP contribution in [-0.4, -0.2) is 41.7 Å². The number of rotatable bonds is 5. The van der Waals surface area contributed by atoms with Crippen molar-refractivity contribution >= 4 is 23.6 Å². The lowest BCUT2D eigenvalue weighted by Crippen LogP contribution is -2.47. The Labute approximate surface area is 134 Å². The Hall–Kier alpha value is -1.69. The van der Waals surface area contributed by atoms with Gasteiger partial charge in [-0.1, -0.05) is 12.1 Å². The number of nitrogens with one attached hydrogen (secondary N) is 1. The van der Waals surface area contributed by atoms with Gasteiger partial charge in [0.25, 0.3) is 0 Å². The molecule has 5 nitrogen and oxygen atoms in total. The van der Waals surface area contributed by atoms with Gasteiger partial charge in [0.1, 0.15) is 17.2 Å². The summed E-state index contributed by atoms with van der Waals surface area (Å²) in [6.07, 6.45) is 2.09. The van der Waals surface area contributed by atoms with Gasteiger partial charge in [0.05, 0.1) is 12.9 Å². The number of hydrogen-bond acceptors (Lipinski definition) is 4. The third-order valence-electron chi connectivity index (χ3n) is 4.03. The summed E-state index contributed by atoms with van der Waals surface area (Å²) in [7, 11) is 1.62. The van der Waals surface area contributed by atoms with Gasteiger partial charge in [-0.2, -0.15) is 0 Å². The molecule has 2 aliphatic rings. The molecular weight excluding hydrogens is 300 g/mol. The fraction of sp³-hybridized carbons (Fsp3) is 0.500. The van der Waals surface area contributed by atoms with Gasteiger partial charge in [0.15, 0.2) is 0 Å². The SMILES string of the molecule is COc1ccc([C@@H]2SCC(=O)N2[C@@H](C)C(=O)NC2CC2)cc1. The van der Waals surface area contributed by atoms with Crippen molar-refractivity contribution in [2.75, 3.05) is 12.9 Å². The van der Waals surface area contributed by atoms with Gasteiger partial charge in [0.2, 0.25) is 11.8 Å². The molecule has 1 saturated heterocycles. The summed E-state index contributed by atoms with van der Waals surface area (Å²) < 4.78 is 5.16. The standard InChI is InChI=1S/C16H20N2O3S/c1-10(15(20)17-12-5-6-12)18-14(19)9-22-16(18)11-3-7-13(21-2)8-4-11/h3-4,7-8,10,12,16H,5-6,9H2,1-2H3,(H,17,20)/t10-,16-/m0/s1. The predicted molar refractivity (Wildman–Crippen MR) is 85.7 cm³/mol. The third-order valence-corrected chi connectivity index (χ3v) is 5.26. The van der Waals surface area contributed by atoms with E-state index in [9.17, 15) is 9.59 Å². The van der Waals surface area contributed by atoms with Crippen LogP contribution < -0.4 is 10.1 Å². The van der Waals surface area contributed by atoms with Crippen molar-refractivity contribution in [2.24, 2.45) is 0 Å². The summed E-state index contributed by atoms with van der Waals surface area (Å²) in [4.78, 5) is 26.2. The van der Waals surface area contributed by atoms with Crippen molar-refractivity contribution in [2.45, 2.75) is 37.2 Å². The lowest BCUT2D eigenvalue weighted by molar-refractivity contribution is -0.137. The van der Waals surface area contributed by atoms with E-state index in [0.717, 1.165) is 24.2 Å². The molecule has 0 bridgehead atoms. The van der Waals surface area contributed by atoms with Gasteiger partial charge in [-0.3, -0.25) is 9.59 Å². The molecule has 3 rings (SSSR count). The van der Waals surface area contributed by atoms with Crippen LogP contribution in [0.5, 0.6) is 5.75 Å². The highest BCUT2D eigenvalue weighted by atomic mass is 32.2. The van der Waals surface area contributed by atoms with E-state index in [4.69, 9.17) is 4.74 Å². The molecule has 22 heavy (non-hydrogen) atoms. The van der Waals surface area contributed by atoms with Crippen LogP contribution in [0.3, 0.4) is 0 Å². The van der Waals surface area contributed by atoms with Crippen LogP contribution in [0, 0.1) is 0 Å². The molecule has 0 aromatic heterocycles. The second-order valence-corrected chi connectivity index (χ2v) is 6.76. The van der Waals surface area contributed by atoms with Gasteiger partial charge in [-0.25, -0.2) is 0 Å². The first-order chi connectivity index (χ1) is 10.6. The Morgan fingerprint density at radius 2 is 2.05 bits per heavy atom. The molecule has 1 aromatic carbocycles. The Morgan fingerprint density at radius 1 is 1.36 bits per heavy atom. The summed E-state index contributed by atoms with van der Waals surface area (Å²) >= 11 is 1.56. The van der Waals surface area contributed by atoms with Crippen LogP contribution in [0.2, 0.25) is 0 Å². The molecule has 0 unspecified atom stereocenters. The molecule has 1 aromatic rings.